The number of aryl methyl sites for hydroxylation is 1. The number of nitrogens with zero attached hydrogens (tertiary/aromatic N) is 3. The van der Waals surface area contributed by atoms with Crippen LogP contribution in [0.15, 0.2) is 6.20 Å². The Morgan fingerprint density at radius 3 is 2.83 bits per heavy atom. The fraction of sp³-hybridized carbons (Fsp3) is 0.545. The minimum Gasteiger partial charge on any atom is -0.396 e. The van der Waals surface area contributed by atoms with Crippen molar-refractivity contribution in [1.82, 2.24) is 14.7 Å². The fourth-order valence-corrected chi connectivity index (χ4v) is 2.21. The van der Waals surface area contributed by atoms with E-state index in [1.807, 2.05) is 6.92 Å². The van der Waals surface area contributed by atoms with Crippen molar-refractivity contribution in [2.45, 2.75) is 32.4 Å². The van der Waals surface area contributed by atoms with Gasteiger partial charge in [0.1, 0.15) is 6.04 Å². The lowest BCUT2D eigenvalue weighted by atomic mass is 10.2. The maximum absolute atomic E-state index is 12.3. The van der Waals surface area contributed by atoms with E-state index in [2.05, 4.69) is 5.10 Å². The summed E-state index contributed by atoms with van der Waals surface area (Å²) in [5, 5.41) is 4.11. The number of aromatic nitrogens is 2. The van der Waals surface area contributed by atoms with E-state index in [0.29, 0.717) is 25.2 Å². The Hall–Kier alpha value is -2.05. The lowest BCUT2D eigenvalue weighted by molar-refractivity contribution is -0.121. The lowest BCUT2D eigenvalue weighted by Crippen LogP contribution is -2.44. The van der Waals surface area contributed by atoms with Crippen molar-refractivity contribution in [3.8, 4) is 0 Å². The maximum atomic E-state index is 12.3. The Bertz CT molecular complexity index is 482. The molecule has 18 heavy (non-hydrogen) atoms. The first-order chi connectivity index (χ1) is 8.54. The molecule has 1 unspecified atom stereocenters. The van der Waals surface area contributed by atoms with E-state index in [1.165, 1.54) is 4.90 Å². The second-order valence-corrected chi connectivity index (χ2v) is 4.35. The molecule has 2 amide bonds. The Morgan fingerprint density at radius 1 is 1.56 bits per heavy atom. The average Bonchev–Trinajstić information content (AvgIpc) is 2.94. The third kappa shape index (κ3) is 2.03. The summed E-state index contributed by atoms with van der Waals surface area (Å²) in [7, 11) is 0. The van der Waals surface area contributed by atoms with Crippen molar-refractivity contribution < 1.29 is 9.59 Å². The molecule has 2 heterocycles. The zero-order chi connectivity index (χ0) is 13.3. The highest BCUT2D eigenvalue weighted by Crippen LogP contribution is 2.21. The third-order valence-corrected chi connectivity index (χ3v) is 3.16. The van der Waals surface area contributed by atoms with Crippen molar-refractivity contribution in [1.29, 1.82) is 0 Å². The molecule has 1 fully saturated rings. The van der Waals surface area contributed by atoms with Crippen molar-refractivity contribution in [3.63, 3.8) is 0 Å². The van der Waals surface area contributed by atoms with Gasteiger partial charge in [-0.25, -0.2) is 0 Å². The van der Waals surface area contributed by atoms with Gasteiger partial charge in [0.05, 0.1) is 5.69 Å². The van der Waals surface area contributed by atoms with E-state index in [4.69, 9.17) is 11.5 Å². The van der Waals surface area contributed by atoms with Gasteiger partial charge in [0, 0.05) is 19.3 Å². The molecule has 0 radical (unpaired) electrons. The van der Waals surface area contributed by atoms with Gasteiger partial charge in [-0.15, -0.1) is 0 Å². The van der Waals surface area contributed by atoms with Crippen LogP contribution in [0.5, 0.6) is 0 Å². The number of amides is 2. The van der Waals surface area contributed by atoms with Gasteiger partial charge in [0.15, 0.2) is 5.69 Å². The van der Waals surface area contributed by atoms with E-state index >= 15 is 0 Å². The minimum absolute atomic E-state index is 0.199. The van der Waals surface area contributed by atoms with Crippen LogP contribution in [-0.4, -0.2) is 39.1 Å². The second kappa shape index (κ2) is 4.67. The third-order valence-electron chi connectivity index (χ3n) is 3.16. The van der Waals surface area contributed by atoms with Crippen LogP contribution in [-0.2, 0) is 11.3 Å². The Balaban J connectivity index is 2.25. The molecule has 0 saturated carbocycles. The molecule has 0 aliphatic carbocycles. The number of hydrogen-bond acceptors (Lipinski definition) is 4. The van der Waals surface area contributed by atoms with Crippen LogP contribution in [0.25, 0.3) is 0 Å². The Morgan fingerprint density at radius 2 is 2.28 bits per heavy atom. The number of carbonyl (C=O) groups is 2. The van der Waals surface area contributed by atoms with Gasteiger partial charge in [0.25, 0.3) is 5.91 Å². The zero-order valence-corrected chi connectivity index (χ0v) is 10.3. The monoisotopic (exact) mass is 251 g/mol. The molecule has 1 aliphatic heterocycles. The van der Waals surface area contributed by atoms with Crippen LogP contribution >= 0.6 is 0 Å². The highest BCUT2D eigenvalue weighted by molar-refractivity contribution is 5.99. The van der Waals surface area contributed by atoms with Crippen molar-refractivity contribution in [2.24, 2.45) is 5.73 Å². The molecular weight excluding hydrogens is 234 g/mol. The molecule has 7 nitrogen and oxygen atoms in total. The predicted octanol–water partition coefficient (Wildman–Crippen LogP) is -0.425. The summed E-state index contributed by atoms with van der Waals surface area (Å²) in [6, 6.07) is -0.538. The molecule has 1 aromatic heterocycles. The first kappa shape index (κ1) is 12.4. The highest BCUT2D eigenvalue weighted by Gasteiger charge is 2.34. The average molecular weight is 251 g/mol. The first-order valence-corrected chi connectivity index (χ1v) is 5.97. The van der Waals surface area contributed by atoms with Crippen molar-refractivity contribution in [2.75, 3.05) is 12.3 Å². The smallest absolute Gasteiger partial charge is 0.277 e. The summed E-state index contributed by atoms with van der Waals surface area (Å²) < 4.78 is 1.60. The van der Waals surface area contributed by atoms with Crippen LogP contribution in [0, 0.1) is 0 Å². The van der Waals surface area contributed by atoms with Crippen molar-refractivity contribution in [3.05, 3.63) is 11.9 Å². The van der Waals surface area contributed by atoms with Gasteiger partial charge >= 0.3 is 0 Å². The predicted molar refractivity (Wildman–Crippen MR) is 65.6 cm³/mol. The number of carbonyl (C=O) groups excluding carboxylic acids is 2. The van der Waals surface area contributed by atoms with Gasteiger partial charge in [0.2, 0.25) is 5.91 Å². The largest absolute Gasteiger partial charge is 0.396 e. The first-order valence-electron chi connectivity index (χ1n) is 5.97. The Labute approximate surface area is 105 Å². The molecule has 1 atom stereocenters. The molecule has 0 aromatic carbocycles. The summed E-state index contributed by atoms with van der Waals surface area (Å²) in [5.74, 6) is -0.796. The van der Waals surface area contributed by atoms with Gasteiger partial charge in [-0.05, 0) is 19.8 Å². The number of primary amides is 1. The van der Waals surface area contributed by atoms with Crippen LogP contribution < -0.4 is 11.5 Å². The van der Waals surface area contributed by atoms with Gasteiger partial charge in [-0.3, -0.25) is 14.3 Å². The number of hydrogen-bond donors (Lipinski definition) is 2. The molecule has 1 aromatic rings. The molecule has 1 saturated heterocycles. The Kier molecular flexibility index (Phi) is 3.22. The van der Waals surface area contributed by atoms with Crippen LogP contribution in [0.2, 0.25) is 0 Å². The maximum Gasteiger partial charge on any atom is 0.277 e. The van der Waals surface area contributed by atoms with Crippen LogP contribution in [0.1, 0.15) is 30.3 Å². The molecular formula is C11H17N5O2. The molecule has 98 valence electrons. The molecule has 2 rings (SSSR count). The van der Waals surface area contributed by atoms with E-state index < -0.39 is 11.9 Å². The summed E-state index contributed by atoms with van der Waals surface area (Å²) in [5.41, 5.74) is 11.6. The second-order valence-electron chi connectivity index (χ2n) is 4.35. The summed E-state index contributed by atoms with van der Waals surface area (Å²) in [6.45, 7) is 3.06. The molecule has 0 bridgehead atoms. The number of nitrogen functional groups attached to an aromatic ring is 1. The topological polar surface area (TPSA) is 107 Å². The van der Waals surface area contributed by atoms with Crippen molar-refractivity contribution >= 4 is 17.5 Å². The SMILES string of the molecule is CCn1cc(N)c(C(=O)N2CCCC2C(N)=O)n1. The van der Waals surface area contributed by atoms with E-state index in [-0.39, 0.29) is 11.6 Å². The summed E-state index contributed by atoms with van der Waals surface area (Å²) >= 11 is 0. The van der Waals surface area contributed by atoms with Crippen LogP contribution in [0.4, 0.5) is 5.69 Å². The van der Waals surface area contributed by atoms with E-state index in [0.717, 1.165) is 6.42 Å². The summed E-state index contributed by atoms with van der Waals surface area (Å²) in [4.78, 5) is 25.0. The van der Waals surface area contributed by atoms with Gasteiger partial charge < -0.3 is 16.4 Å². The lowest BCUT2D eigenvalue weighted by Gasteiger charge is -2.21. The van der Waals surface area contributed by atoms with Gasteiger partial charge in [-0.2, -0.15) is 5.10 Å². The highest BCUT2D eigenvalue weighted by atomic mass is 16.2. The molecule has 1 aliphatic rings. The number of likely N-dealkylation sites (tertiary alicyclic amines) is 1. The molecule has 7 heteroatoms. The number of rotatable bonds is 3. The fourth-order valence-electron chi connectivity index (χ4n) is 2.21. The quantitative estimate of drug-likeness (QED) is 0.760. The van der Waals surface area contributed by atoms with Gasteiger partial charge in [-0.1, -0.05) is 0 Å². The molecule has 4 N–H and O–H groups in total. The number of nitrogens with two attached hydrogens (primary N) is 2. The molecule has 0 spiro atoms. The standard InChI is InChI=1S/C11H17N5O2/c1-2-15-6-7(12)9(14-15)11(18)16-5-3-4-8(16)10(13)17/h6,8H,2-5,12H2,1H3,(H2,13,17). The normalized spacial score (nSPS) is 19.2. The van der Waals surface area contributed by atoms with E-state index in [1.54, 1.807) is 10.9 Å². The number of anilines is 1. The van der Waals surface area contributed by atoms with E-state index in [9.17, 15) is 9.59 Å². The minimum atomic E-state index is -0.538. The van der Waals surface area contributed by atoms with Crippen LogP contribution in [0.3, 0.4) is 0 Å². The zero-order valence-electron chi connectivity index (χ0n) is 10.3. The summed E-state index contributed by atoms with van der Waals surface area (Å²) in [6.07, 6.45) is 2.99.